The van der Waals surface area contributed by atoms with E-state index in [-0.39, 0.29) is 0 Å². The van der Waals surface area contributed by atoms with E-state index in [9.17, 15) is 0 Å². The van der Waals surface area contributed by atoms with Crippen molar-refractivity contribution in [3.8, 4) is 44.8 Å². The molecular weight excluding hydrogens is 1050 g/mol. The minimum absolute atomic E-state index is 0.611. The van der Waals surface area contributed by atoms with Crippen molar-refractivity contribution in [1.29, 1.82) is 0 Å². The van der Waals surface area contributed by atoms with Crippen molar-refractivity contribution in [2.75, 3.05) is 0 Å². The first kappa shape index (κ1) is 51.6. The maximum Gasteiger partial charge on any atom is 0.0979 e. The zero-order valence-electron chi connectivity index (χ0n) is 48.8. The molecule has 0 amide bonds. The SMILES string of the molecule is c1cc(-c2ccc3sc4ccc(-c5cccc(-c6cnc7c8cc(C9CCCCC9)ccc8c8ccc(C9CCCCC9)cc8c7n6)c5)cc4c3c2)cc(-c2cnc3c4cc(C5CCCCC5)ccc4c4ccc(C5CCCCC5)cc4c3n2)c1. The average molecular weight is 1120 g/mol. The molecule has 0 spiro atoms. The van der Waals surface area contributed by atoms with E-state index in [0.29, 0.717) is 23.7 Å². The van der Waals surface area contributed by atoms with Crippen LogP contribution in [0.1, 0.15) is 174 Å². The fraction of sp³-hybridized carbons (Fsp3) is 0.300. The average Bonchev–Trinajstić information content (AvgIpc) is 3.02. The first-order valence-electron chi connectivity index (χ1n) is 32.6. The Morgan fingerprint density at radius 3 is 0.929 bits per heavy atom. The highest BCUT2D eigenvalue weighted by Gasteiger charge is 2.24. The van der Waals surface area contributed by atoms with Gasteiger partial charge in [0.25, 0.3) is 0 Å². The lowest BCUT2D eigenvalue weighted by molar-refractivity contribution is 0.444. The van der Waals surface area contributed by atoms with Crippen LogP contribution in [-0.4, -0.2) is 19.9 Å². The molecule has 4 aliphatic rings. The van der Waals surface area contributed by atoms with Gasteiger partial charge in [-0.15, -0.1) is 11.3 Å². The lowest BCUT2D eigenvalue weighted by Gasteiger charge is -2.23. The molecule has 0 N–H and O–H groups in total. The lowest BCUT2D eigenvalue weighted by Crippen LogP contribution is -2.05. The van der Waals surface area contributed by atoms with Gasteiger partial charge < -0.3 is 0 Å². The summed E-state index contributed by atoms with van der Waals surface area (Å²) in [6.07, 6.45) is 30.3. The Kier molecular flexibility index (Phi) is 13.1. The van der Waals surface area contributed by atoms with Crippen molar-refractivity contribution in [3.63, 3.8) is 0 Å². The van der Waals surface area contributed by atoms with Gasteiger partial charge >= 0.3 is 0 Å². The highest BCUT2D eigenvalue weighted by molar-refractivity contribution is 7.25. The van der Waals surface area contributed by atoms with E-state index >= 15 is 0 Å². The van der Waals surface area contributed by atoms with Crippen molar-refractivity contribution in [2.45, 2.75) is 152 Å². The molecule has 0 aliphatic heterocycles. The van der Waals surface area contributed by atoms with Gasteiger partial charge in [0.15, 0.2) is 0 Å². The second-order valence-electron chi connectivity index (χ2n) is 26.2. The van der Waals surface area contributed by atoms with Gasteiger partial charge in [-0.25, -0.2) is 9.97 Å². The molecule has 5 heteroatoms. The van der Waals surface area contributed by atoms with Crippen LogP contribution in [0.4, 0.5) is 0 Å². The van der Waals surface area contributed by atoms with Crippen molar-refractivity contribution in [2.24, 2.45) is 0 Å². The Hall–Kier alpha value is -7.86. The van der Waals surface area contributed by atoms with Crippen LogP contribution < -0.4 is 0 Å². The lowest BCUT2D eigenvalue weighted by atomic mass is 9.82. The van der Waals surface area contributed by atoms with Crippen molar-refractivity contribution in [3.05, 3.63) is 192 Å². The third kappa shape index (κ3) is 9.30. The van der Waals surface area contributed by atoms with Crippen molar-refractivity contribution in [1.82, 2.24) is 19.9 Å². The van der Waals surface area contributed by atoms with Crippen LogP contribution in [-0.2, 0) is 0 Å². The number of nitrogens with zero attached hydrogens (tertiary/aromatic N) is 4. The van der Waals surface area contributed by atoms with Gasteiger partial charge in [-0.05, 0) is 202 Å². The quantitative estimate of drug-likeness (QED) is 0.142. The van der Waals surface area contributed by atoms with Crippen LogP contribution in [0.2, 0.25) is 0 Å². The van der Waals surface area contributed by atoms with Crippen LogP contribution in [0.3, 0.4) is 0 Å². The molecule has 0 bridgehead atoms. The van der Waals surface area contributed by atoms with Gasteiger partial charge in [-0.3, -0.25) is 9.97 Å². The Labute approximate surface area is 502 Å². The minimum atomic E-state index is 0.611. The summed E-state index contributed by atoms with van der Waals surface area (Å²) in [5.41, 5.74) is 18.7. The second-order valence-corrected chi connectivity index (χ2v) is 27.2. The molecule has 3 heterocycles. The zero-order chi connectivity index (χ0) is 56.0. The number of fused-ring (bicyclic) bond motifs is 15. The summed E-state index contributed by atoms with van der Waals surface area (Å²) in [4.78, 5) is 22.1. The van der Waals surface area contributed by atoms with E-state index in [1.54, 1.807) is 0 Å². The summed E-state index contributed by atoms with van der Waals surface area (Å²) < 4.78 is 2.59. The van der Waals surface area contributed by atoms with Gasteiger partial charge in [-0.1, -0.05) is 174 Å². The normalized spacial score (nSPS) is 17.2. The van der Waals surface area contributed by atoms with Gasteiger partial charge in [0.05, 0.1) is 45.8 Å². The molecular formula is C80H72N4S. The molecule has 0 saturated heterocycles. The smallest absolute Gasteiger partial charge is 0.0979 e. The molecule has 0 unspecified atom stereocenters. The largest absolute Gasteiger partial charge is 0.252 e. The highest BCUT2D eigenvalue weighted by atomic mass is 32.1. The molecule has 418 valence electrons. The number of aromatic nitrogens is 4. The highest BCUT2D eigenvalue weighted by Crippen LogP contribution is 2.46. The maximum absolute atomic E-state index is 5.64. The number of hydrogen-bond acceptors (Lipinski definition) is 5. The fourth-order valence-electron chi connectivity index (χ4n) is 16.4. The Morgan fingerprint density at radius 1 is 0.259 bits per heavy atom. The van der Waals surface area contributed by atoms with Gasteiger partial charge in [0.2, 0.25) is 0 Å². The Bertz CT molecular complexity index is 4480. The van der Waals surface area contributed by atoms with Crippen LogP contribution in [0.5, 0.6) is 0 Å². The summed E-state index contributed by atoms with van der Waals surface area (Å²) in [5, 5.41) is 12.7. The monoisotopic (exact) mass is 1120 g/mol. The molecule has 85 heavy (non-hydrogen) atoms. The number of rotatable bonds is 8. The van der Waals surface area contributed by atoms with Gasteiger partial charge in [0.1, 0.15) is 0 Å². The second kappa shape index (κ2) is 21.6. The topological polar surface area (TPSA) is 51.6 Å². The third-order valence-corrected chi connectivity index (χ3v) is 22.2. The number of hydrogen-bond donors (Lipinski definition) is 0. The Morgan fingerprint density at radius 2 is 0.576 bits per heavy atom. The predicted molar refractivity (Wildman–Crippen MR) is 361 cm³/mol. The van der Waals surface area contributed by atoms with Gasteiger partial charge in [-0.2, -0.15) is 0 Å². The predicted octanol–water partition coefficient (Wildman–Crippen LogP) is 23.4. The number of thiophene rings is 1. The van der Waals surface area contributed by atoms with E-state index in [0.717, 1.165) is 44.6 Å². The van der Waals surface area contributed by atoms with Crippen LogP contribution in [0, 0.1) is 0 Å². The molecule has 4 aliphatic carbocycles. The van der Waals surface area contributed by atoms with E-state index < -0.39 is 0 Å². The first-order valence-corrected chi connectivity index (χ1v) is 33.4. The van der Waals surface area contributed by atoms with Crippen molar-refractivity contribution < 1.29 is 0 Å². The fourth-order valence-corrected chi connectivity index (χ4v) is 17.5. The first-order chi connectivity index (χ1) is 42.1. The molecule has 3 aromatic heterocycles. The molecule has 4 fully saturated rings. The van der Waals surface area contributed by atoms with Crippen molar-refractivity contribution >= 4 is 96.7 Å². The molecule has 13 aromatic rings. The van der Waals surface area contributed by atoms with E-state index in [2.05, 4.69) is 158 Å². The number of benzene rings is 10. The molecule has 0 radical (unpaired) electrons. The summed E-state index contributed by atoms with van der Waals surface area (Å²) >= 11 is 1.88. The zero-order valence-corrected chi connectivity index (χ0v) is 49.6. The van der Waals surface area contributed by atoms with Crippen LogP contribution >= 0.6 is 11.3 Å². The van der Waals surface area contributed by atoms with E-state index in [1.165, 1.54) is 236 Å². The molecule has 0 atom stereocenters. The molecule has 4 nitrogen and oxygen atoms in total. The summed E-state index contributed by atoms with van der Waals surface area (Å²) in [7, 11) is 0. The summed E-state index contributed by atoms with van der Waals surface area (Å²) in [5.74, 6) is 2.47. The molecule has 4 saturated carbocycles. The summed E-state index contributed by atoms with van der Waals surface area (Å²) in [6, 6.07) is 61.2. The third-order valence-electron chi connectivity index (χ3n) is 21.1. The van der Waals surface area contributed by atoms with Crippen LogP contribution in [0.25, 0.3) is 130 Å². The molecule has 17 rings (SSSR count). The van der Waals surface area contributed by atoms with E-state index in [1.807, 2.05) is 23.7 Å². The molecule has 10 aromatic carbocycles. The van der Waals surface area contributed by atoms with E-state index in [4.69, 9.17) is 19.9 Å². The van der Waals surface area contributed by atoms with Crippen LogP contribution in [0.15, 0.2) is 170 Å². The maximum atomic E-state index is 5.64. The summed E-state index contributed by atoms with van der Waals surface area (Å²) in [6.45, 7) is 0. The van der Waals surface area contributed by atoms with Gasteiger partial charge in [0, 0.05) is 52.8 Å². The minimum Gasteiger partial charge on any atom is -0.252 e. The Balaban J connectivity index is 0.724. The standard InChI is InChI=1S/C80H72N4S/c1-5-15-49(16-6-1)55-27-33-63-65-35-29-57(51-19-9-3-10-20-51)45-71(65)79-77(69(63)43-55)81-47-73(83-79)61-25-13-23-53(39-61)59-31-37-75-67(41-59)68-42-60(32-38-76(68)85-75)54-24-14-26-62(40-54)74-48-82-78-70-44-56(50-17-7-2-8-18-50)28-34-64(70)66-36-30-58(46-72(66)80(78)84-74)52-21-11-4-12-22-52/h13-14,23-52H,1-12,15-22H2.